The largest absolute Gasteiger partial charge is 0.281 e. The van der Waals surface area contributed by atoms with Gasteiger partial charge in [-0.05, 0) is 29.1 Å². The average molecular weight is 309 g/mol. The first-order valence-electron chi connectivity index (χ1n) is 4.88. The standard InChI is InChI=1S/C12H9BrN2OS/c13-10-4-1-3-9(7-10)8-14-15-12(16)11-5-2-6-17-11/h1-8H,(H,15,16). The number of hydrogen-bond donors (Lipinski definition) is 1. The molecule has 86 valence electrons. The summed E-state index contributed by atoms with van der Waals surface area (Å²) >= 11 is 4.75. The van der Waals surface area contributed by atoms with Crippen molar-refractivity contribution < 1.29 is 4.79 Å². The van der Waals surface area contributed by atoms with Crippen molar-refractivity contribution >= 4 is 39.4 Å². The molecule has 1 amide bonds. The Kier molecular flexibility index (Phi) is 4.06. The lowest BCUT2D eigenvalue weighted by molar-refractivity contribution is 0.0959. The smallest absolute Gasteiger partial charge is 0.266 e. The molecule has 0 saturated carbocycles. The van der Waals surface area contributed by atoms with Gasteiger partial charge in [-0.15, -0.1) is 11.3 Å². The third-order valence-electron chi connectivity index (χ3n) is 1.97. The lowest BCUT2D eigenvalue weighted by Crippen LogP contribution is -2.16. The number of thiophene rings is 1. The Hall–Kier alpha value is -1.46. The minimum atomic E-state index is -0.189. The number of hydrogen-bond acceptors (Lipinski definition) is 3. The van der Waals surface area contributed by atoms with Crippen LogP contribution in [0.25, 0.3) is 0 Å². The van der Waals surface area contributed by atoms with E-state index in [4.69, 9.17) is 0 Å². The van der Waals surface area contributed by atoms with Crippen molar-refractivity contribution in [2.75, 3.05) is 0 Å². The first-order valence-corrected chi connectivity index (χ1v) is 6.55. The Morgan fingerprint density at radius 2 is 2.24 bits per heavy atom. The number of carbonyl (C=O) groups is 1. The second-order valence-electron chi connectivity index (χ2n) is 3.23. The van der Waals surface area contributed by atoms with Crippen molar-refractivity contribution in [2.24, 2.45) is 5.10 Å². The molecular weight excluding hydrogens is 300 g/mol. The number of nitrogens with one attached hydrogen (secondary N) is 1. The molecule has 0 spiro atoms. The first-order chi connectivity index (χ1) is 8.25. The van der Waals surface area contributed by atoms with Crippen LogP contribution in [0, 0.1) is 0 Å². The van der Waals surface area contributed by atoms with E-state index in [0.717, 1.165) is 10.0 Å². The summed E-state index contributed by atoms with van der Waals surface area (Å²) in [6.07, 6.45) is 1.61. The van der Waals surface area contributed by atoms with Gasteiger partial charge in [-0.25, -0.2) is 5.43 Å². The number of benzene rings is 1. The average Bonchev–Trinajstić information content (AvgIpc) is 2.82. The third-order valence-corrected chi connectivity index (χ3v) is 3.34. The van der Waals surface area contributed by atoms with Crippen molar-refractivity contribution in [2.45, 2.75) is 0 Å². The molecule has 1 aromatic carbocycles. The van der Waals surface area contributed by atoms with Crippen LogP contribution in [-0.4, -0.2) is 12.1 Å². The molecule has 0 aliphatic heterocycles. The van der Waals surface area contributed by atoms with Crippen molar-refractivity contribution in [3.63, 3.8) is 0 Å². The van der Waals surface area contributed by atoms with E-state index in [9.17, 15) is 4.79 Å². The SMILES string of the molecule is O=C(NN=Cc1cccc(Br)c1)c1cccs1. The van der Waals surface area contributed by atoms with Gasteiger partial charge >= 0.3 is 0 Å². The molecule has 1 aromatic heterocycles. The highest BCUT2D eigenvalue weighted by Gasteiger charge is 2.03. The van der Waals surface area contributed by atoms with Crippen LogP contribution in [0.2, 0.25) is 0 Å². The topological polar surface area (TPSA) is 41.5 Å². The zero-order chi connectivity index (χ0) is 12.1. The molecule has 0 radical (unpaired) electrons. The number of nitrogens with zero attached hydrogens (tertiary/aromatic N) is 1. The molecule has 3 nitrogen and oxygen atoms in total. The van der Waals surface area contributed by atoms with Crippen LogP contribution in [0.5, 0.6) is 0 Å². The van der Waals surface area contributed by atoms with Gasteiger partial charge in [0, 0.05) is 4.47 Å². The number of carbonyl (C=O) groups excluding carboxylic acids is 1. The van der Waals surface area contributed by atoms with Gasteiger partial charge in [0.15, 0.2) is 0 Å². The summed E-state index contributed by atoms with van der Waals surface area (Å²) in [4.78, 5) is 12.2. The Labute approximate surface area is 111 Å². The molecular formula is C12H9BrN2OS. The molecule has 2 rings (SSSR count). The summed E-state index contributed by atoms with van der Waals surface area (Å²) in [5, 5.41) is 5.75. The molecule has 0 fully saturated rings. The van der Waals surface area contributed by atoms with Crippen LogP contribution in [0.4, 0.5) is 0 Å². The summed E-state index contributed by atoms with van der Waals surface area (Å²) in [7, 11) is 0. The fourth-order valence-electron chi connectivity index (χ4n) is 1.22. The zero-order valence-electron chi connectivity index (χ0n) is 8.76. The van der Waals surface area contributed by atoms with Gasteiger partial charge in [0.25, 0.3) is 5.91 Å². The second-order valence-corrected chi connectivity index (χ2v) is 5.09. The van der Waals surface area contributed by atoms with Crippen LogP contribution in [-0.2, 0) is 0 Å². The molecule has 0 aliphatic rings. The maximum absolute atomic E-state index is 11.5. The van der Waals surface area contributed by atoms with Crippen LogP contribution >= 0.6 is 27.3 Å². The van der Waals surface area contributed by atoms with Gasteiger partial charge in [0.1, 0.15) is 0 Å². The third kappa shape index (κ3) is 3.51. The summed E-state index contributed by atoms with van der Waals surface area (Å²) in [5.41, 5.74) is 3.40. The molecule has 2 aromatic rings. The normalized spacial score (nSPS) is 10.6. The highest BCUT2D eigenvalue weighted by molar-refractivity contribution is 9.10. The molecule has 0 unspecified atom stereocenters. The Bertz CT molecular complexity index is 537. The molecule has 0 bridgehead atoms. The molecule has 1 N–H and O–H groups in total. The summed E-state index contributed by atoms with van der Waals surface area (Å²) in [6, 6.07) is 11.3. The van der Waals surface area contributed by atoms with Crippen molar-refractivity contribution in [1.29, 1.82) is 0 Å². The Balaban J connectivity index is 1.96. The van der Waals surface area contributed by atoms with Gasteiger partial charge in [-0.2, -0.15) is 5.10 Å². The Morgan fingerprint density at radius 3 is 2.94 bits per heavy atom. The van der Waals surface area contributed by atoms with Crippen molar-refractivity contribution in [3.05, 3.63) is 56.7 Å². The summed E-state index contributed by atoms with van der Waals surface area (Å²) < 4.78 is 0.978. The van der Waals surface area contributed by atoms with E-state index in [-0.39, 0.29) is 5.91 Å². The number of hydrazone groups is 1. The van der Waals surface area contributed by atoms with Crippen LogP contribution in [0.3, 0.4) is 0 Å². The zero-order valence-corrected chi connectivity index (χ0v) is 11.2. The number of rotatable bonds is 3. The van der Waals surface area contributed by atoms with Crippen LogP contribution < -0.4 is 5.43 Å². The highest BCUT2D eigenvalue weighted by Crippen LogP contribution is 2.10. The van der Waals surface area contributed by atoms with Gasteiger partial charge in [0.05, 0.1) is 11.1 Å². The maximum Gasteiger partial charge on any atom is 0.281 e. The second kappa shape index (κ2) is 5.75. The van der Waals surface area contributed by atoms with E-state index >= 15 is 0 Å². The molecule has 0 atom stereocenters. The summed E-state index contributed by atoms with van der Waals surface area (Å²) in [6.45, 7) is 0. The number of amides is 1. The molecule has 1 heterocycles. The van der Waals surface area contributed by atoms with Gasteiger partial charge in [-0.1, -0.05) is 34.1 Å². The summed E-state index contributed by atoms with van der Waals surface area (Å²) in [5.74, 6) is -0.189. The minimum absolute atomic E-state index is 0.189. The van der Waals surface area contributed by atoms with E-state index in [1.165, 1.54) is 11.3 Å². The lowest BCUT2D eigenvalue weighted by atomic mass is 10.2. The van der Waals surface area contributed by atoms with Crippen LogP contribution in [0.1, 0.15) is 15.2 Å². The van der Waals surface area contributed by atoms with Crippen molar-refractivity contribution in [3.8, 4) is 0 Å². The van der Waals surface area contributed by atoms with Gasteiger partial charge < -0.3 is 0 Å². The first kappa shape index (κ1) is 12.0. The predicted molar refractivity (Wildman–Crippen MR) is 73.5 cm³/mol. The van der Waals surface area contributed by atoms with E-state index in [1.807, 2.05) is 35.7 Å². The monoisotopic (exact) mass is 308 g/mol. The lowest BCUT2D eigenvalue weighted by Gasteiger charge is -1.96. The minimum Gasteiger partial charge on any atom is -0.266 e. The van der Waals surface area contributed by atoms with Crippen molar-refractivity contribution in [1.82, 2.24) is 5.43 Å². The highest BCUT2D eigenvalue weighted by atomic mass is 79.9. The molecule has 5 heteroatoms. The fourth-order valence-corrected chi connectivity index (χ4v) is 2.25. The van der Waals surface area contributed by atoms with Gasteiger partial charge in [0.2, 0.25) is 0 Å². The van der Waals surface area contributed by atoms with E-state index in [0.29, 0.717) is 4.88 Å². The van der Waals surface area contributed by atoms with E-state index in [1.54, 1.807) is 12.3 Å². The van der Waals surface area contributed by atoms with E-state index < -0.39 is 0 Å². The molecule has 17 heavy (non-hydrogen) atoms. The molecule has 0 aliphatic carbocycles. The van der Waals surface area contributed by atoms with E-state index in [2.05, 4.69) is 26.5 Å². The van der Waals surface area contributed by atoms with Crippen LogP contribution in [0.15, 0.2) is 51.4 Å². The molecule has 0 saturated heterocycles. The Morgan fingerprint density at radius 1 is 1.35 bits per heavy atom. The quantitative estimate of drug-likeness (QED) is 0.686. The predicted octanol–water partition coefficient (Wildman–Crippen LogP) is 3.27. The van der Waals surface area contributed by atoms with Gasteiger partial charge in [-0.3, -0.25) is 4.79 Å². The fraction of sp³-hybridized carbons (Fsp3) is 0. The number of halogens is 1. The maximum atomic E-state index is 11.5.